The van der Waals surface area contributed by atoms with Crippen LogP contribution in [0.2, 0.25) is 0 Å². The molecule has 2 aliphatic rings. The first-order chi connectivity index (χ1) is 12.8. The number of rotatable bonds is 8. The molecule has 0 aromatic heterocycles. The third-order valence-electron chi connectivity index (χ3n) is 5.94. The third-order valence-corrected chi connectivity index (χ3v) is 6.67. The molecule has 0 amide bonds. The number of ether oxygens (including phenoxy) is 2. The van der Waals surface area contributed by atoms with Crippen molar-refractivity contribution >= 4 is 10.0 Å². The van der Waals surface area contributed by atoms with Gasteiger partial charge in [-0.05, 0) is 42.4 Å². The van der Waals surface area contributed by atoms with E-state index in [1.165, 1.54) is 31.1 Å². The molecule has 1 saturated carbocycles. The zero-order chi connectivity index (χ0) is 19.4. The number of hydrogen-bond acceptors (Lipinski definition) is 5. The number of benzene rings is 1. The lowest BCUT2D eigenvalue weighted by atomic mass is 9.77. The van der Waals surface area contributed by atoms with Gasteiger partial charge in [0.1, 0.15) is 0 Å². The molecule has 3 rings (SSSR count). The SMILES string of the molecule is CC1CCCC(N(CCCNS(C)(=O)=O)Cc2ccc3c(c2)OCO3)C1C. The number of hydrogen-bond donors (Lipinski definition) is 1. The highest BCUT2D eigenvalue weighted by Crippen LogP contribution is 2.36. The lowest BCUT2D eigenvalue weighted by Gasteiger charge is -2.42. The van der Waals surface area contributed by atoms with Crippen molar-refractivity contribution in [3.63, 3.8) is 0 Å². The van der Waals surface area contributed by atoms with Gasteiger partial charge in [0.25, 0.3) is 0 Å². The summed E-state index contributed by atoms with van der Waals surface area (Å²) in [4.78, 5) is 2.53. The van der Waals surface area contributed by atoms with Crippen LogP contribution in [0.3, 0.4) is 0 Å². The predicted molar refractivity (Wildman–Crippen MR) is 106 cm³/mol. The zero-order valence-corrected chi connectivity index (χ0v) is 17.4. The lowest BCUT2D eigenvalue weighted by Crippen LogP contribution is -2.44. The molecule has 1 aromatic carbocycles. The van der Waals surface area contributed by atoms with Gasteiger partial charge >= 0.3 is 0 Å². The molecule has 27 heavy (non-hydrogen) atoms. The summed E-state index contributed by atoms with van der Waals surface area (Å²) in [6.07, 6.45) is 5.77. The molecule has 152 valence electrons. The molecular formula is C20H32N2O4S. The average molecular weight is 397 g/mol. The van der Waals surface area contributed by atoms with Gasteiger partial charge in [0.2, 0.25) is 16.8 Å². The molecule has 3 atom stereocenters. The van der Waals surface area contributed by atoms with Gasteiger partial charge in [-0.3, -0.25) is 4.90 Å². The molecule has 3 unspecified atom stereocenters. The Morgan fingerprint density at radius 3 is 2.74 bits per heavy atom. The van der Waals surface area contributed by atoms with Crippen molar-refractivity contribution < 1.29 is 17.9 Å². The largest absolute Gasteiger partial charge is 0.454 e. The molecule has 6 nitrogen and oxygen atoms in total. The first-order valence-electron chi connectivity index (χ1n) is 9.90. The Balaban J connectivity index is 1.68. The van der Waals surface area contributed by atoms with E-state index in [9.17, 15) is 8.42 Å². The van der Waals surface area contributed by atoms with E-state index in [0.717, 1.165) is 36.9 Å². The highest BCUT2D eigenvalue weighted by atomic mass is 32.2. The monoisotopic (exact) mass is 396 g/mol. The lowest BCUT2D eigenvalue weighted by molar-refractivity contribution is 0.0741. The van der Waals surface area contributed by atoms with E-state index in [-0.39, 0.29) is 6.79 Å². The van der Waals surface area contributed by atoms with Crippen LogP contribution in [0.4, 0.5) is 0 Å². The maximum atomic E-state index is 11.3. The summed E-state index contributed by atoms with van der Waals surface area (Å²) in [6.45, 7) is 7.19. The van der Waals surface area contributed by atoms with Crippen molar-refractivity contribution in [2.75, 3.05) is 26.1 Å². The maximum absolute atomic E-state index is 11.3. The Hall–Kier alpha value is -1.31. The third kappa shape index (κ3) is 5.59. The highest BCUT2D eigenvalue weighted by molar-refractivity contribution is 7.88. The molecule has 1 heterocycles. The standard InChI is InChI=1S/C20H32N2O4S/c1-15-6-4-7-18(16(15)2)22(11-5-10-21-27(3,23)24)13-17-8-9-19-20(12-17)26-14-25-19/h8-9,12,15-16,18,21H,4-7,10-11,13-14H2,1-3H3. The second kappa shape index (κ2) is 8.80. The van der Waals surface area contributed by atoms with E-state index in [4.69, 9.17) is 9.47 Å². The van der Waals surface area contributed by atoms with Gasteiger partial charge < -0.3 is 9.47 Å². The molecule has 0 saturated heterocycles. The highest BCUT2D eigenvalue weighted by Gasteiger charge is 2.31. The fraction of sp³-hybridized carbons (Fsp3) is 0.700. The summed E-state index contributed by atoms with van der Waals surface area (Å²) in [7, 11) is -3.13. The van der Waals surface area contributed by atoms with Crippen LogP contribution in [0.15, 0.2) is 18.2 Å². The Labute approximate surface area is 163 Å². The second-order valence-corrected chi connectivity index (χ2v) is 9.85. The van der Waals surface area contributed by atoms with Gasteiger partial charge in [-0.15, -0.1) is 0 Å². The van der Waals surface area contributed by atoms with Crippen LogP contribution in [0.25, 0.3) is 0 Å². The maximum Gasteiger partial charge on any atom is 0.231 e. The van der Waals surface area contributed by atoms with Gasteiger partial charge in [-0.2, -0.15) is 0 Å². The van der Waals surface area contributed by atoms with E-state index in [1.807, 2.05) is 6.07 Å². The number of nitrogens with one attached hydrogen (secondary N) is 1. The van der Waals surface area contributed by atoms with Crippen LogP contribution in [0.1, 0.15) is 45.1 Å². The van der Waals surface area contributed by atoms with Gasteiger partial charge in [0, 0.05) is 25.7 Å². The number of sulfonamides is 1. The van der Waals surface area contributed by atoms with Crippen LogP contribution >= 0.6 is 0 Å². The van der Waals surface area contributed by atoms with Gasteiger partial charge in [-0.25, -0.2) is 13.1 Å². The molecular weight excluding hydrogens is 364 g/mol. The molecule has 7 heteroatoms. The summed E-state index contributed by atoms with van der Waals surface area (Å²) < 4.78 is 36.2. The summed E-state index contributed by atoms with van der Waals surface area (Å²) in [5, 5.41) is 0. The van der Waals surface area contributed by atoms with Crippen LogP contribution in [-0.2, 0) is 16.6 Å². The van der Waals surface area contributed by atoms with Crippen molar-refractivity contribution in [3.8, 4) is 11.5 Å². The molecule has 0 radical (unpaired) electrons. The molecule has 1 N–H and O–H groups in total. The van der Waals surface area contributed by atoms with Crippen molar-refractivity contribution in [3.05, 3.63) is 23.8 Å². The molecule has 1 aliphatic heterocycles. The summed E-state index contributed by atoms with van der Waals surface area (Å²) >= 11 is 0. The molecule has 0 spiro atoms. The Morgan fingerprint density at radius 2 is 1.96 bits per heavy atom. The first kappa shape index (κ1) is 20.4. The quantitative estimate of drug-likeness (QED) is 0.684. The van der Waals surface area contributed by atoms with Crippen molar-refractivity contribution in [2.45, 2.75) is 52.1 Å². The minimum Gasteiger partial charge on any atom is -0.454 e. The van der Waals surface area contributed by atoms with Gasteiger partial charge in [0.15, 0.2) is 11.5 Å². The van der Waals surface area contributed by atoms with E-state index in [2.05, 4.69) is 35.6 Å². The summed E-state index contributed by atoms with van der Waals surface area (Å²) in [5.41, 5.74) is 1.21. The fourth-order valence-corrected chi connectivity index (χ4v) is 4.76. The first-order valence-corrected chi connectivity index (χ1v) is 11.8. The normalized spacial score (nSPS) is 25.1. The summed E-state index contributed by atoms with van der Waals surface area (Å²) in [5.74, 6) is 2.98. The Kier molecular flexibility index (Phi) is 6.65. The predicted octanol–water partition coefficient (Wildman–Crippen LogP) is 2.98. The van der Waals surface area contributed by atoms with Crippen molar-refractivity contribution in [1.29, 1.82) is 0 Å². The molecule has 1 aromatic rings. The summed E-state index contributed by atoms with van der Waals surface area (Å²) in [6, 6.07) is 6.68. The molecule has 1 fully saturated rings. The zero-order valence-electron chi connectivity index (χ0n) is 16.6. The van der Waals surface area contributed by atoms with Crippen LogP contribution in [0, 0.1) is 11.8 Å². The van der Waals surface area contributed by atoms with E-state index in [1.54, 1.807) is 0 Å². The fourth-order valence-electron chi connectivity index (χ4n) is 4.24. The van der Waals surface area contributed by atoms with E-state index >= 15 is 0 Å². The smallest absolute Gasteiger partial charge is 0.231 e. The Bertz CT molecular complexity index is 737. The van der Waals surface area contributed by atoms with Gasteiger partial charge in [0.05, 0.1) is 6.26 Å². The topological polar surface area (TPSA) is 67.9 Å². The van der Waals surface area contributed by atoms with Crippen molar-refractivity contribution in [1.82, 2.24) is 9.62 Å². The van der Waals surface area contributed by atoms with Crippen LogP contribution < -0.4 is 14.2 Å². The number of nitrogens with zero attached hydrogens (tertiary/aromatic N) is 1. The average Bonchev–Trinajstić information content (AvgIpc) is 3.07. The minimum absolute atomic E-state index is 0.289. The van der Waals surface area contributed by atoms with Gasteiger partial charge in [-0.1, -0.05) is 32.8 Å². The number of fused-ring (bicyclic) bond motifs is 1. The second-order valence-electron chi connectivity index (χ2n) is 8.01. The Morgan fingerprint density at radius 1 is 1.19 bits per heavy atom. The molecule has 0 bridgehead atoms. The molecule has 1 aliphatic carbocycles. The van der Waals surface area contributed by atoms with Crippen LogP contribution in [0.5, 0.6) is 11.5 Å². The van der Waals surface area contributed by atoms with Crippen molar-refractivity contribution in [2.24, 2.45) is 11.8 Å². The van der Waals surface area contributed by atoms with E-state index < -0.39 is 10.0 Å². The minimum atomic E-state index is -3.13. The van der Waals surface area contributed by atoms with Crippen LogP contribution in [-0.4, -0.2) is 45.5 Å². The van der Waals surface area contributed by atoms with E-state index in [0.29, 0.717) is 18.5 Å².